The normalized spacial score (nSPS) is 19.3. The van der Waals surface area contributed by atoms with Crippen LogP contribution in [0.1, 0.15) is 37.3 Å². The van der Waals surface area contributed by atoms with Gasteiger partial charge in [0.2, 0.25) is 0 Å². The van der Waals surface area contributed by atoms with Crippen molar-refractivity contribution in [1.82, 2.24) is 0 Å². The van der Waals surface area contributed by atoms with Crippen molar-refractivity contribution in [1.29, 1.82) is 0 Å². The molecule has 0 amide bonds. The summed E-state index contributed by atoms with van der Waals surface area (Å²) in [5.41, 5.74) is 6.18. The zero-order valence-electron chi connectivity index (χ0n) is 9.98. The molecule has 0 heterocycles. The van der Waals surface area contributed by atoms with Crippen LogP contribution in [0.15, 0.2) is 18.2 Å². The summed E-state index contributed by atoms with van der Waals surface area (Å²) in [4.78, 5) is 0. The van der Waals surface area contributed by atoms with E-state index in [2.05, 4.69) is 0 Å². The van der Waals surface area contributed by atoms with Crippen LogP contribution in [-0.4, -0.2) is 11.2 Å². The lowest BCUT2D eigenvalue weighted by atomic mass is 9.90. The van der Waals surface area contributed by atoms with Gasteiger partial charge in [-0.25, -0.2) is 4.39 Å². The zero-order valence-corrected chi connectivity index (χ0v) is 11.6. The van der Waals surface area contributed by atoms with Crippen LogP contribution in [-0.2, 0) is 0 Å². The fourth-order valence-electron chi connectivity index (χ4n) is 2.59. The third-order valence-corrected chi connectivity index (χ3v) is 3.91. The lowest BCUT2D eigenvalue weighted by molar-refractivity contribution is 0.0833. The fraction of sp³-hybridized carbons (Fsp3) is 0.538. The number of benzene rings is 1. The van der Waals surface area contributed by atoms with Gasteiger partial charge in [0, 0.05) is 10.6 Å². The van der Waals surface area contributed by atoms with Crippen LogP contribution in [0.4, 0.5) is 4.39 Å². The molecule has 0 spiro atoms. The molecule has 3 N–H and O–H groups in total. The van der Waals surface area contributed by atoms with Crippen LogP contribution in [0.5, 0.6) is 0 Å². The molecular weight excluding hydrogens is 276 g/mol. The lowest BCUT2D eigenvalue weighted by Gasteiger charge is -2.25. The summed E-state index contributed by atoms with van der Waals surface area (Å²) in [5, 5.41) is 10.5. The Labute approximate surface area is 118 Å². The van der Waals surface area contributed by atoms with Gasteiger partial charge in [-0.15, -0.1) is 12.4 Å². The minimum Gasteiger partial charge on any atom is -0.391 e. The average molecular weight is 294 g/mol. The Morgan fingerprint density at radius 2 is 1.94 bits per heavy atom. The highest BCUT2D eigenvalue weighted by atomic mass is 35.5. The van der Waals surface area contributed by atoms with E-state index in [-0.39, 0.29) is 28.9 Å². The Balaban J connectivity index is 0.00000162. The Morgan fingerprint density at radius 3 is 2.50 bits per heavy atom. The van der Waals surface area contributed by atoms with Gasteiger partial charge < -0.3 is 10.8 Å². The van der Waals surface area contributed by atoms with Crippen molar-refractivity contribution in [2.75, 3.05) is 0 Å². The highest BCUT2D eigenvalue weighted by molar-refractivity contribution is 6.31. The van der Waals surface area contributed by atoms with Gasteiger partial charge in [0.15, 0.2) is 0 Å². The molecule has 1 aliphatic carbocycles. The first kappa shape index (κ1) is 15.7. The SMILES string of the molecule is Cl.N[C@@H](c1c(F)cccc1Cl)[C@H](O)C1CCCC1. The Hall–Kier alpha value is -0.350. The van der Waals surface area contributed by atoms with Crippen LogP contribution in [0.2, 0.25) is 5.02 Å². The van der Waals surface area contributed by atoms with Crippen LogP contribution in [0.25, 0.3) is 0 Å². The molecule has 2 rings (SSSR count). The second kappa shape index (κ2) is 6.71. The second-order valence-corrected chi connectivity index (χ2v) is 5.10. The fourth-order valence-corrected chi connectivity index (χ4v) is 2.88. The highest BCUT2D eigenvalue weighted by Gasteiger charge is 2.31. The van der Waals surface area contributed by atoms with Gasteiger partial charge in [0.05, 0.1) is 12.1 Å². The van der Waals surface area contributed by atoms with E-state index in [1.807, 2.05) is 0 Å². The molecule has 18 heavy (non-hydrogen) atoms. The minimum absolute atomic E-state index is 0. The maximum absolute atomic E-state index is 13.7. The van der Waals surface area contributed by atoms with Gasteiger partial charge in [0.25, 0.3) is 0 Å². The van der Waals surface area contributed by atoms with Gasteiger partial charge in [-0.3, -0.25) is 0 Å². The number of halogens is 3. The van der Waals surface area contributed by atoms with Crippen molar-refractivity contribution < 1.29 is 9.50 Å². The topological polar surface area (TPSA) is 46.2 Å². The number of hydrogen-bond donors (Lipinski definition) is 2. The molecule has 1 aliphatic rings. The Morgan fingerprint density at radius 1 is 1.33 bits per heavy atom. The van der Waals surface area contributed by atoms with Crippen molar-refractivity contribution >= 4 is 24.0 Å². The summed E-state index contributed by atoms with van der Waals surface area (Å²) in [5.74, 6) is -0.275. The van der Waals surface area contributed by atoms with Crippen LogP contribution < -0.4 is 5.73 Å². The van der Waals surface area contributed by atoms with Crippen molar-refractivity contribution in [3.05, 3.63) is 34.6 Å². The zero-order chi connectivity index (χ0) is 12.4. The Kier molecular flexibility index (Phi) is 5.86. The number of rotatable bonds is 3. The lowest BCUT2D eigenvalue weighted by Crippen LogP contribution is -2.32. The highest BCUT2D eigenvalue weighted by Crippen LogP contribution is 2.35. The van der Waals surface area contributed by atoms with E-state index >= 15 is 0 Å². The molecule has 0 aromatic heterocycles. The first-order valence-corrected chi connectivity index (χ1v) is 6.36. The molecule has 102 valence electrons. The van der Waals surface area contributed by atoms with E-state index in [9.17, 15) is 9.50 Å². The molecule has 0 aliphatic heterocycles. The van der Waals surface area contributed by atoms with Gasteiger partial charge in [0.1, 0.15) is 5.82 Å². The predicted molar refractivity (Wildman–Crippen MR) is 73.6 cm³/mol. The molecule has 1 fully saturated rings. The number of nitrogens with two attached hydrogens (primary N) is 1. The summed E-state index contributed by atoms with van der Waals surface area (Å²) in [6, 6.07) is 3.71. The number of aliphatic hydroxyl groups excluding tert-OH is 1. The average Bonchev–Trinajstić information content (AvgIpc) is 2.81. The smallest absolute Gasteiger partial charge is 0.129 e. The number of aliphatic hydroxyl groups is 1. The maximum Gasteiger partial charge on any atom is 0.129 e. The second-order valence-electron chi connectivity index (χ2n) is 4.70. The molecule has 1 aromatic carbocycles. The van der Waals surface area contributed by atoms with Crippen molar-refractivity contribution in [3.8, 4) is 0 Å². The van der Waals surface area contributed by atoms with E-state index in [0.717, 1.165) is 25.7 Å². The molecule has 2 atom stereocenters. The number of hydrogen-bond acceptors (Lipinski definition) is 2. The molecule has 1 saturated carbocycles. The standard InChI is InChI=1S/C13H17ClFNO.ClH/c14-9-6-3-7-10(15)11(9)12(16)13(17)8-4-1-2-5-8;/h3,6-8,12-13,17H,1-2,4-5,16H2;1H/t12-,13+;/m0./s1. The predicted octanol–water partition coefficient (Wildman–Crippen LogP) is 3.45. The van der Waals surface area contributed by atoms with Gasteiger partial charge in [-0.1, -0.05) is 30.5 Å². The van der Waals surface area contributed by atoms with Crippen molar-refractivity contribution in [3.63, 3.8) is 0 Å². The monoisotopic (exact) mass is 293 g/mol. The van der Waals surface area contributed by atoms with E-state index in [1.165, 1.54) is 12.1 Å². The molecule has 1 aromatic rings. The van der Waals surface area contributed by atoms with E-state index in [1.54, 1.807) is 6.07 Å². The van der Waals surface area contributed by atoms with Crippen molar-refractivity contribution in [2.45, 2.75) is 37.8 Å². The van der Waals surface area contributed by atoms with Crippen molar-refractivity contribution in [2.24, 2.45) is 11.7 Å². The first-order chi connectivity index (χ1) is 8.11. The Bertz CT molecular complexity index is 376. The quantitative estimate of drug-likeness (QED) is 0.897. The van der Waals surface area contributed by atoms with Gasteiger partial charge in [-0.05, 0) is 30.9 Å². The first-order valence-electron chi connectivity index (χ1n) is 5.99. The molecule has 0 bridgehead atoms. The third kappa shape index (κ3) is 3.15. The molecule has 0 radical (unpaired) electrons. The molecule has 5 heteroatoms. The molecule has 0 unspecified atom stereocenters. The summed E-state index contributed by atoms with van der Waals surface area (Å²) in [6.45, 7) is 0. The maximum atomic E-state index is 13.7. The minimum atomic E-state index is -0.744. The van der Waals surface area contributed by atoms with E-state index < -0.39 is 18.0 Å². The van der Waals surface area contributed by atoms with Gasteiger partial charge in [-0.2, -0.15) is 0 Å². The summed E-state index contributed by atoms with van der Waals surface area (Å²) < 4.78 is 13.7. The largest absolute Gasteiger partial charge is 0.391 e. The third-order valence-electron chi connectivity index (χ3n) is 3.58. The summed E-state index contributed by atoms with van der Waals surface area (Å²) in [6.07, 6.45) is 3.42. The summed E-state index contributed by atoms with van der Waals surface area (Å²) >= 11 is 5.94. The molecular formula is C13H18Cl2FNO. The van der Waals surface area contributed by atoms with Crippen LogP contribution >= 0.6 is 24.0 Å². The van der Waals surface area contributed by atoms with Crippen LogP contribution in [0, 0.1) is 11.7 Å². The van der Waals surface area contributed by atoms with E-state index in [4.69, 9.17) is 17.3 Å². The molecule has 0 saturated heterocycles. The van der Waals surface area contributed by atoms with Crippen LogP contribution in [0.3, 0.4) is 0 Å². The molecule has 2 nitrogen and oxygen atoms in total. The summed E-state index contributed by atoms with van der Waals surface area (Å²) in [7, 11) is 0. The van der Waals surface area contributed by atoms with Gasteiger partial charge >= 0.3 is 0 Å². The van der Waals surface area contributed by atoms with E-state index in [0.29, 0.717) is 0 Å².